The third-order valence-corrected chi connectivity index (χ3v) is 10.0. The normalized spacial score (nSPS) is 18.4. The molecule has 2 aromatic heterocycles. The van der Waals surface area contributed by atoms with Gasteiger partial charge in [0.2, 0.25) is 20.9 Å². The third-order valence-electron chi connectivity index (χ3n) is 6.13. The van der Waals surface area contributed by atoms with Crippen molar-refractivity contribution in [3.63, 3.8) is 0 Å². The van der Waals surface area contributed by atoms with Crippen molar-refractivity contribution in [3.8, 4) is 15.6 Å². The van der Waals surface area contributed by atoms with Crippen LogP contribution in [0.4, 0.5) is 5.69 Å². The molecule has 0 saturated carbocycles. The smallest absolute Gasteiger partial charge is 0.241 e. The van der Waals surface area contributed by atoms with Crippen LogP contribution in [0.2, 0.25) is 0 Å². The van der Waals surface area contributed by atoms with Crippen LogP contribution in [0, 0.1) is 0 Å². The number of nitrogens with zero attached hydrogens (tertiary/aromatic N) is 2. The van der Waals surface area contributed by atoms with Gasteiger partial charge >= 0.3 is 0 Å². The Bertz CT molecular complexity index is 1500. The number of fused-ring (bicyclic) bond motifs is 1. The Labute approximate surface area is 225 Å². The van der Waals surface area contributed by atoms with E-state index in [2.05, 4.69) is 9.44 Å². The Morgan fingerprint density at radius 2 is 2.14 bits per heavy atom. The van der Waals surface area contributed by atoms with Crippen molar-refractivity contribution >= 4 is 49.3 Å². The predicted molar refractivity (Wildman–Crippen MR) is 147 cm³/mol. The van der Waals surface area contributed by atoms with Crippen molar-refractivity contribution < 1.29 is 21.6 Å². The lowest BCUT2D eigenvalue weighted by Crippen LogP contribution is -2.31. The molecule has 5 rings (SSSR count). The van der Waals surface area contributed by atoms with E-state index in [1.165, 1.54) is 11.3 Å². The van der Waals surface area contributed by atoms with Crippen LogP contribution in [0.15, 0.2) is 69.8 Å². The summed E-state index contributed by atoms with van der Waals surface area (Å²) in [6, 6.07) is 7.91. The second-order valence-electron chi connectivity index (χ2n) is 8.70. The summed E-state index contributed by atoms with van der Waals surface area (Å²) in [6.45, 7) is 1.23. The molecule has 0 fully saturated rings. The molecule has 2 aliphatic rings. The highest BCUT2D eigenvalue weighted by atomic mass is 32.2. The average molecular weight is 579 g/mol. The molecule has 3 heterocycles. The number of rotatable bonds is 9. The molecule has 1 aromatic carbocycles. The zero-order valence-electron chi connectivity index (χ0n) is 19.9. The number of nitrogens with one attached hydrogen (secondary N) is 2. The van der Waals surface area contributed by atoms with Crippen LogP contribution in [-0.4, -0.2) is 48.1 Å². The third kappa shape index (κ3) is 6.13. The monoisotopic (exact) mass is 578 g/mol. The van der Waals surface area contributed by atoms with E-state index in [1.807, 2.05) is 47.0 Å². The van der Waals surface area contributed by atoms with Crippen molar-refractivity contribution in [1.82, 2.24) is 14.4 Å². The molecule has 9 nitrogen and oxygen atoms in total. The predicted octanol–water partition coefficient (Wildman–Crippen LogP) is 3.48. The van der Waals surface area contributed by atoms with Gasteiger partial charge in [-0.15, -0.1) is 22.7 Å². The standard InChI is InChI=1S/C24H26N4O5S4/c1-28-10-11-33-22-14-18(8-9-21(22)28)37(31,32)27-19(13-16-4-6-17(7-5-16)26-36(29)30)20-15-35-24(25-20)23-3-2-12-34-23/h2-6,8-9,12,14-15,17,19,27,36H,7,10-11,13H2,1H3,(H,26,29,30)/t17?,19-/m0/s1. The van der Waals surface area contributed by atoms with E-state index < -0.39 is 27.0 Å². The van der Waals surface area contributed by atoms with E-state index in [0.717, 1.165) is 27.7 Å². The van der Waals surface area contributed by atoms with Gasteiger partial charge in [0.1, 0.15) is 17.4 Å². The number of thiazole rings is 1. The van der Waals surface area contributed by atoms with Gasteiger partial charge < -0.3 is 9.64 Å². The molecule has 0 bridgehead atoms. The Balaban J connectivity index is 1.42. The minimum absolute atomic E-state index is 0.122. The number of hydrogen-bond acceptors (Lipinski definition) is 9. The number of sulfonamides is 1. The topological polar surface area (TPSA) is 118 Å². The first-order valence-electron chi connectivity index (χ1n) is 11.6. The van der Waals surface area contributed by atoms with Gasteiger partial charge in [-0.05, 0) is 36.4 Å². The van der Waals surface area contributed by atoms with E-state index in [0.29, 0.717) is 30.9 Å². The highest BCUT2D eigenvalue weighted by molar-refractivity contribution is 7.89. The molecular formula is C24H26N4O5S4. The summed E-state index contributed by atoms with van der Waals surface area (Å²) in [5.74, 6) is 0.537. The van der Waals surface area contributed by atoms with Gasteiger partial charge in [-0.1, -0.05) is 29.9 Å². The molecule has 2 atom stereocenters. The number of thiol groups is 1. The Morgan fingerprint density at radius 3 is 2.86 bits per heavy atom. The molecular weight excluding hydrogens is 553 g/mol. The van der Waals surface area contributed by atoms with E-state index in [9.17, 15) is 16.8 Å². The van der Waals surface area contributed by atoms with Crippen LogP contribution in [0.25, 0.3) is 9.88 Å². The second-order valence-corrected chi connectivity index (χ2v) is 13.0. The number of ether oxygens (including phenoxy) is 1. The highest BCUT2D eigenvalue weighted by Gasteiger charge is 2.27. The first-order valence-corrected chi connectivity index (χ1v) is 16.0. The molecule has 2 N–H and O–H groups in total. The number of aromatic nitrogens is 1. The van der Waals surface area contributed by atoms with E-state index in [4.69, 9.17) is 9.72 Å². The summed E-state index contributed by atoms with van der Waals surface area (Å²) in [5.41, 5.74) is 2.37. The van der Waals surface area contributed by atoms with Crippen LogP contribution in [-0.2, 0) is 20.9 Å². The molecule has 0 amide bonds. The Kier molecular flexibility index (Phi) is 7.79. The van der Waals surface area contributed by atoms with Gasteiger partial charge in [-0.2, -0.15) is 0 Å². The van der Waals surface area contributed by atoms with Crippen molar-refractivity contribution in [2.45, 2.75) is 29.8 Å². The molecule has 0 saturated heterocycles. The number of hydrogen-bond donors (Lipinski definition) is 3. The minimum Gasteiger partial charge on any atom is -0.490 e. The minimum atomic E-state index is -3.91. The zero-order chi connectivity index (χ0) is 26.0. The maximum Gasteiger partial charge on any atom is 0.241 e. The quantitative estimate of drug-likeness (QED) is 0.333. The van der Waals surface area contributed by atoms with Crippen molar-refractivity contribution in [3.05, 3.63) is 70.6 Å². The molecule has 1 unspecified atom stereocenters. The van der Waals surface area contributed by atoms with Gasteiger partial charge in [0.05, 0.1) is 33.7 Å². The fraction of sp³-hybridized carbons (Fsp3) is 0.292. The van der Waals surface area contributed by atoms with Gasteiger partial charge in [0.15, 0.2) is 0 Å². The number of allylic oxidation sites excluding steroid dienone is 1. The largest absolute Gasteiger partial charge is 0.490 e. The number of benzene rings is 1. The lowest BCUT2D eigenvalue weighted by molar-refractivity contribution is 0.310. The Hall–Kier alpha value is -2.55. The summed E-state index contributed by atoms with van der Waals surface area (Å²) in [6.07, 6.45) is 6.39. The molecule has 1 aliphatic heterocycles. The maximum absolute atomic E-state index is 13.5. The van der Waals surface area contributed by atoms with Crippen LogP contribution in [0.1, 0.15) is 24.6 Å². The summed E-state index contributed by atoms with van der Waals surface area (Å²) in [4.78, 5) is 7.93. The lowest BCUT2D eigenvalue weighted by Gasteiger charge is -2.28. The van der Waals surface area contributed by atoms with Crippen LogP contribution >= 0.6 is 22.7 Å². The zero-order valence-corrected chi connectivity index (χ0v) is 23.2. The molecule has 196 valence electrons. The summed E-state index contributed by atoms with van der Waals surface area (Å²) < 4.78 is 60.1. The average Bonchev–Trinajstić information content (AvgIpc) is 3.57. The van der Waals surface area contributed by atoms with E-state index in [1.54, 1.807) is 35.6 Å². The molecule has 0 radical (unpaired) electrons. The maximum atomic E-state index is 13.5. The van der Waals surface area contributed by atoms with E-state index in [-0.39, 0.29) is 10.9 Å². The SMILES string of the molecule is CN1CCOc2cc(S(=O)(=O)N[C@@H](CC3=CCC(N[SH](=O)=O)C=C3)c3csc(-c4cccs4)n3)ccc21. The van der Waals surface area contributed by atoms with Crippen LogP contribution in [0.5, 0.6) is 5.75 Å². The fourth-order valence-electron chi connectivity index (χ4n) is 4.21. The van der Waals surface area contributed by atoms with E-state index >= 15 is 0 Å². The molecule has 0 spiro atoms. The molecule has 37 heavy (non-hydrogen) atoms. The van der Waals surface area contributed by atoms with Crippen molar-refractivity contribution in [2.75, 3.05) is 25.1 Å². The fourth-order valence-corrected chi connectivity index (χ4v) is 7.58. The van der Waals surface area contributed by atoms with Gasteiger partial charge in [0, 0.05) is 24.5 Å². The Morgan fingerprint density at radius 1 is 1.27 bits per heavy atom. The van der Waals surface area contributed by atoms with Gasteiger partial charge in [-0.3, -0.25) is 0 Å². The van der Waals surface area contributed by atoms with Crippen LogP contribution in [0.3, 0.4) is 0 Å². The van der Waals surface area contributed by atoms with Crippen molar-refractivity contribution in [2.24, 2.45) is 0 Å². The summed E-state index contributed by atoms with van der Waals surface area (Å²) >= 11 is 3.05. The number of anilines is 1. The first-order chi connectivity index (χ1) is 17.8. The second kappa shape index (κ2) is 11.1. The lowest BCUT2D eigenvalue weighted by atomic mass is 9.97. The van der Waals surface area contributed by atoms with Gasteiger partial charge in [-0.25, -0.2) is 31.3 Å². The number of thiophene rings is 1. The number of likely N-dealkylation sites (N-methyl/N-ethyl adjacent to an activating group) is 1. The first kappa shape index (κ1) is 26.1. The molecule has 3 aromatic rings. The highest BCUT2D eigenvalue weighted by Crippen LogP contribution is 2.35. The molecule has 13 heteroatoms. The van der Waals surface area contributed by atoms with Gasteiger partial charge in [0.25, 0.3) is 0 Å². The van der Waals surface area contributed by atoms with Crippen LogP contribution < -0.4 is 19.1 Å². The van der Waals surface area contributed by atoms with Crippen molar-refractivity contribution in [1.29, 1.82) is 0 Å². The molecule has 1 aliphatic carbocycles. The summed E-state index contributed by atoms with van der Waals surface area (Å²) in [7, 11) is -4.66. The summed E-state index contributed by atoms with van der Waals surface area (Å²) in [5, 5.41) is 4.69.